The molecule has 0 aromatic heterocycles. The topological polar surface area (TPSA) is 41.5 Å². The number of methoxy groups -OCH3 is 1. The van der Waals surface area contributed by atoms with E-state index in [2.05, 4.69) is 21.2 Å². The molecule has 0 aliphatic carbocycles. The predicted octanol–water partition coefficient (Wildman–Crippen LogP) is 2.77. The predicted molar refractivity (Wildman–Crippen MR) is 67.2 cm³/mol. The van der Waals surface area contributed by atoms with Crippen LogP contribution in [0.15, 0.2) is 10.5 Å². The van der Waals surface area contributed by atoms with Gasteiger partial charge in [-0.15, -0.1) is 0 Å². The van der Waals surface area contributed by atoms with Crippen LogP contribution in [0.4, 0.5) is 4.39 Å². The molecule has 0 spiro atoms. The van der Waals surface area contributed by atoms with Gasteiger partial charge in [0.15, 0.2) is 11.5 Å². The lowest BCUT2D eigenvalue weighted by Crippen LogP contribution is -2.27. The van der Waals surface area contributed by atoms with Crippen molar-refractivity contribution in [2.45, 2.75) is 18.8 Å². The zero-order valence-electron chi connectivity index (χ0n) is 9.59. The standard InChI is InChI=1S/C12H15BrFNO2/c1-17-9-6-8(14)11(13)10(12(9)16)7-2-4-15-5-3-7/h6-7,15-16H,2-5H2,1H3. The molecule has 1 aromatic carbocycles. The monoisotopic (exact) mass is 303 g/mol. The highest BCUT2D eigenvalue weighted by atomic mass is 79.9. The Hall–Kier alpha value is -0.810. The van der Waals surface area contributed by atoms with Gasteiger partial charge >= 0.3 is 0 Å². The minimum absolute atomic E-state index is 0.0488. The molecule has 2 rings (SSSR count). The number of phenols is 1. The summed E-state index contributed by atoms with van der Waals surface area (Å²) < 4.78 is 19.0. The number of phenolic OH excluding ortho intramolecular Hbond substituents is 1. The van der Waals surface area contributed by atoms with E-state index in [0.717, 1.165) is 25.9 Å². The number of piperidine rings is 1. The van der Waals surface area contributed by atoms with Gasteiger partial charge < -0.3 is 15.2 Å². The van der Waals surface area contributed by atoms with Gasteiger partial charge in [0, 0.05) is 11.6 Å². The summed E-state index contributed by atoms with van der Waals surface area (Å²) >= 11 is 3.22. The lowest BCUT2D eigenvalue weighted by atomic mass is 9.89. The minimum Gasteiger partial charge on any atom is -0.504 e. The maximum absolute atomic E-state index is 13.7. The van der Waals surface area contributed by atoms with Crippen LogP contribution in [0.1, 0.15) is 24.3 Å². The third-order valence-corrected chi connectivity index (χ3v) is 3.97. The van der Waals surface area contributed by atoms with Gasteiger partial charge in [-0.05, 0) is 47.8 Å². The van der Waals surface area contributed by atoms with Crippen molar-refractivity contribution in [3.05, 3.63) is 21.9 Å². The number of benzene rings is 1. The van der Waals surface area contributed by atoms with Gasteiger partial charge in [0.05, 0.1) is 11.6 Å². The van der Waals surface area contributed by atoms with Gasteiger partial charge in [-0.25, -0.2) is 4.39 Å². The average Bonchev–Trinajstić information content (AvgIpc) is 2.35. The third-order valence-electron chi connectivity index (χ3n) is 3.16. The number of nitrogens with one attached hydrogen (secondary N) is 1. The Balaban J connectivity index is 2.46. The molecule has 1 aromatic rings. The minimum atomic E-state index is -0.395. The summed E-state index contributed by atoms with van der Waals surface area (Å²) in [6.45, 7) is 1.77. The molecular weight excluding hydrogens is 289 g/mol. The molecular formula is C12H15BrFNO2. The molecule has 0 bridgehead atoms. The van der Waals surface area contributed by atoms with E-state index in [9.17, 15) is 9.50 Å². The fourth-order valence-electron chi connectivity index (χ4n) is 2.25. The highest BCUT2D eigenvalue weighted by Crippen LogP contribution is 2.43. The van der Waals surface area contributed by atoms with Gasteiger partial charge in [-0.1, -0.05) is 0 Å². The fraction of sp³-hybridized carbons (Fsp3) is 0.500. The first-order valence-electron chi connectivity index (χ1n) is 5.60. The van der Waals surface area contributed by atoms with Crippen LogP contribution in [0.5, 0.6) is 11.5 Å². The number of aromatic hydroxyl groups is 1. The second-order valence-corrected chi connectivity index (χ2v) is 4.95. The lowest BCUT2D eigenvalue weighted by Gasteiger charge is -2.25. The Labute approximate surface area is 108 Å². The number of ether oxygens (including phenoxy) is 1. The molecule has 3 nitrogen and oxygen atoms in total. The molecule has 17 heavy (non-hydrogen) atoms. The number of hydrogen-bond acceptors (Lipinski definition) is 3. The van der Waals surface area contributed by atoms with Crippen molar-refractivity contribution in [2.75, 3.05) is 20.2 Å². The summed E-state index contributed by atoms with van der Waals surface area (Å²) in [5.74, 6) is 0.00955. The van der Waals surface area contributed by atoms with Crippen LogP contribution in [0.25, 0.3) is 0 Å². The highest BCUT2D eigenvalue weighted by Gasteiger charge is 2.25. The molecule has 1 aliphatic heterocycles. The smallest absolute Gasteiger partial charge is 0.163 e. The first-order chi connectivity index (χ1) is 8.15. The van der Waals surface area contributed by atoms with Gasteiger partial charge in [0.2, 0.25) is 0 Å². The molecule has 1 aliphatic rings. The second kappa shape index (κ2) is 5.23. The molecule has 0 radical (unpaired) electrons. The van der Waals surface area contributed by atoms with Crippen LogP contribution >= 0.6 is 15.9 Å². The van der Waals surface area contributed by atoms with E-state index in [1.54, 1.807) is 0 Å². The number of hydrogen-bond donors (Lipinski definition) is 2. The molecule has 94 valence electrons. The Morgan fingerprint density at radius 1 is 1.47 bits per heavy atom. The summed E-state index contributed by atoms with van der Waals surface area (Å²) in [6, 6.07) is 1.20. The van der Waals surface area contributed by atoms with Crippen LogP contribution in [0.2, 0.25) is 0 Å². The van der Waals surface area contributed by atoms with E-state index >= 15 is 0 Å². The SMILES string of the molecule is COc1cc(F)c(Br)c(C2CCNCC2)c1O. The van der Waals surface area contributed by atoms with Crippen molar-refractivity contribution in [3.8, 4) is 11.5 Å². The maximum atomic E-state index is 13.7. The Morgan fingerprint density at radius 3 is 2.71 bits per heavy atom. The normalized spacial score (nSPS) is 17.1. The summed E-state index contributed by atoms with van der Waals surface area (Å²) in [5, 5.41) is 13.3. The fourth-order valence-corrected chi connectivity index (χ4v) is 2.88. The molecule has 0 unspecified atom stereocenters. The van der Waals surface area contributed by atoms with Gasteiger partial charge in [0.25, 0.3) is 0 Å². The zero-order valence-corrected chi connectivity index (χ0v) is 11.2. The van der Waals surface area contributed by atoms with E-state index in [0.29, 0.717) is 10.0 Å². The largest absolute Gasteiger partial charge is 0.504 e. The Bertz CT molecular complexity index is 419. The Kier molecular flexibility index (Phi) is 3.89. The van der Waals surface area contributed by atoms with E-state index in [1.165, 1.54) is 13.2 Å². The lowest BCUT2D eigenvalue weighted by molar-refractivity contribution is 0.358. The van der Waals surface area contributed by atoms with Crippen molar-refractivity contribution < 1.29 is 14.2 Å². The number of halogens is 2. The molecule has 0 saturated carbocycles. The van der Waals surface area contributed by atoms with Crippen molar-refractivity contribution in [1.82, 2.24) is 5.32 Å². The average molecular weight is 304 g/mol. The molecule has 1 heterocycles. The summed E-state index contributed by atoms with van der Waals surface area (Å²) in [6.07, 6.45) is 1.78. The van der Waals surface area contributed by atoms with E-state index < -0.39 is 5.82 Å². The van der Waals surface area contributed by atoms with Crippen LogP contribution in [0, 0.1) is 5.82 Å². The molecule has 2 N–H and O–H groups in total. The van der Waals surface area contributed by atoms with Gasteiger partial charge in [-0.2, -0.15) is 0 Å². The van der Waals surface area contributed by atoms with E-state index in [4.69, 9.17) is 4.74 Å². The van der Waals surface area contributed by atoms with Crippen molar-refractivity contribution in [1.29, 1.82) is 0 Å². The Morgan fingerprint density at radius 2 is 2.12 bits per heavy atom. The zero-order chi connectivity index (χ0) is 12.4. The van der Waals surface area contributed by atoms with E-state index in [1.807, 2.05) is 0 Å². The van der Waals surface area contributed by atoms with Gasteiger partial charge in [-0.3, -0.25) is 0 Å². The first-order valence-corrected chi connectivity index (χ1v) is 6.40. The van der Waals surface area contributed by atoms with Crippen LogP contribution < -0.4 is 10.1 Å². The summed E-state index contributed by atoms with van der Waals surface area (Å²) in [5.41, 5.74) is 0.628. The molecule has 0 amide bonds. The molecule has 5 heteroatoms. The first kappa shape index (κ1) is 12.6. The molecule has 1 fully saturated rings. The van der Waals surface area contributed by atoms with Crippen LogP contribution in [0.3, 0.4) is 0 Å². The summed E-state index contributed by atoms with van der Waals surface area (Å²) in [7, 11) is 1.43. The molecule has 0 atom stereocenters. The van der Waals surface area contributed by atoms with Crippen molar-refractivity contribution in [2.24, 2.45) is 0 Å². The maximum Gasteiger partial charge on any atom is 0.163 e. The van der Waals surface area contributed by atoms with E-state index in [-0.39, 0.29) is 17.4 Å². The third kappa shape index (κ3) is 2.40. The van der Waals surface area contributed by atoms with Crippen LogP contribution in [-0.4, -0.2) is 25.3 Å². The van der Waals surface area contributed by atoms with Gasteiger partial charge in [0.1, 0.15) is 5.82 Å². The molecule has 1 saturated heterocycles. The van der Waals surface area contributed by atoms with Crippen molar-refractivity contribution in [3.63, 3.8) is 0 Å². The van der Waals surface area contributed by atoms with Crippen LogP contribution in [-0.2, 0) is 0 Å². The summed E-state index contributed by atoms with van der Waals surface area (Å²) in [4.78, 5) is 0. The van der Waals surface area contributed by atoms with Crippen molar-refractivity contribution >= 4 is 15.9 Å². The number of rotatable bonds is 2. The second-order valence-electron chi connectivity index (χ2n) is 4.16. The quantitative estimate of drug-likeness (QED) is 0.883. The highest BCUT2D eigenvalue weighted by molar-refractivity contribution is 9.10.